The second kappa shape index (κ2) is 5.60. The predicted octanol–water partition coefficient (Wildman–Crippen LogP) is 1.53. The van der Waals surface area contributed by atoms with Gasteiger partial charge in [0.15, 0.2) is 0 Å². The Morgan fingerprint density at radius 2 is 2.25 bits per heavy atom. The Kier molecular flexibility index (Phi) is 3.66. The Morgan fingerprint density at radius 1 is 1.40 bits per heavy atom. The van der Waals surface area contributed by atoms with E-state index in [2.05, 4.69) is 27.2 Å². The van der Waals surface area contributed by atoms with Crippen molar-refractivity contribution in [3.8, 4) is 0 Å². The van der Waals surface area contributed by atoms with Crippen molar-refractivity contribution in [1.82, 2.24) is 9.97 Å². The van der Waals surface area contributed by atoms with Crippen molar-refractivity contribution >= 4 is 22.7 Å². The molecule has 1 saturated heterocycles. The van der Waals surface area contributed by atoms with Crippen molar-refractivity contribution in [3.05, 3.63) is 24.3 Å². The molecule has 3 rings (SSSR count). The maximum atomic E-state index is 5.57. The van der Waals surface area contributed by atoms with Crippen LogP contribution in [0.1, 0.15) is 13.3 Å². The number of morpholine rings is 1. The highest BCUT2D eigenvalue weighted by Crippen LogP contribution is 2.28. The van der Waals surface area contributed by atoms with Crippen LogP contribution in [0.3, 0.4) is 0 Å². The van der Waals surface area contributed by atoms with Crippen molar-refractivity contribution in [1.29, 1.82) is 0 Å². The predicted molar refractivity (Wildman–Crippen MR) is 79.6 cm³/mol. The van der Waals surface area contributed by atoms with Gasteiger partial charge in [0.1, 0.15) is 5.82 Å². The van der Waals surface area contributed by atoms with Crippen molar-refractivity contribution < 1.29 is 4.74 Å². The van der Waals surface area contributed by atoms with Crippen LogP contribution in [0.25, 0.3) is 10.9 Å². The SMILES string of the molecule is CCC1COCCN1c1nc(NN)nc2ccccc12. The number of nitrogens with one attached hydrogen (secondary N) is 1. The molecule has 2 aromatic rings. The van der Waals surface area contributed by atoms with Gasteiger partial charge in [-0.1, -0.05) is 19.1 Å². The minimum Gasteiger partial charge on any atom is -0.377 e. The van der Waals surface area contributed by atoms with Gasteiger partial charge < -0.3 is 9.64 Å². The number of ether oxygens (including phenoxy) is 1. The lowest BCUT2D eigenvalue weighted by Crippen LogP contribution is -2.45. The third-order valence-electron chi connectivity index (χ3n) is 3.68. The Hall–Kier alpha value is -1.92. The molecule has 1 unspecified atom stereocenters. The summed E-state index contributed by atoms with van der Waals surface area (Å²) >= 11 is 0. The number of hydrogen-bond acceptors (Lipinski definition) is 6. The van der Waals surface area contributed by atoms with Crippen LogP contribution in [-0.4, -0.2) is 35.8 Å². The molecular formula is C14H19N5O. The maximum Gasteiger partial charge on any atom is 0.239 e. The number of anilines is 2. The summed E-state index contributed by atoms with van der Waals surface area (Å²) in [6, 6.07) is 8.34. The lowest BCUT2D eigenvalue weighted by Gasteiger charge is -2.36. The molecule has 0 bridgehead atoms. The lowest BCUT2D eigenvalue weighted by atomic mass is 10.1. The van der Waals surface area contributed by atoms with E-state index in [0.717, 1.165) is 42.9 Å². The summed E-state index contributed by atoms with van der Waals surface area (Å²) in [5, 5.41) is 1.05. The first-order valence-electron chi connectivity index (χ1n) is 6.91. The van der Waals surface area contributed by atoms with E-state index in [1.165, 1.54) is 0 Å². The number of benzene rings is 1. The molecule has 1 atom stereocenters. The van der Waals surface area contributed by atoms with Gasteiger partial charge in [-0.3, -0.25) is 5.43 Å². The summed E-state index contributed by atoms with van der Waals surface area (Å²) < 4.78 is 5.57. The average molecular weight is 273 g/mol. The summed E-state index contributed by atoms with van der Waals surface area (Å²) in [4.78, 5) is 11.3. The van der Waals surface area contributed by atoms with Crippen molar-refractivity contribution in [3.63, 3.8) is 0 Å². The summed E-state index contributed by atoms with van der Waals surface area (Å²) in [6.45, 7) is 4.46. The molecule has 0 spiro atoms. The quantitative estimate of drug-likeness (QED) is 0.652. The average Bonchev–Trinajstić information content (AvgIpc) is 2.53. The van der Waals surface area contributed by atoms with E-state index in [1.807, 2.05) is 24.3 Å². The molecule has 3 N–H and O–H groups in total. The van der Waals surface area contributed by atoms with E-state index in [-0.39, 0.29) is 0 Å². The zero-order valence-electron chi connectivity index (χ0n) is 11.5. The molecule has 6 nitrogen and oxygen atoms in total. The van der Waals surface area contributed by atoms with Gasteiger partial charge in [0.05, 0.1) is 24.8 Å². The molecule has 0 saturated carbocycles. The summed E-state index contributed by atoms with van der Waals surface area (Å²) in [7, 11) is 0. The molecule has 106 valence electrons. The highest BCUT2D eigenvalue weighted by Gasteiger charge is 2.24. The molecule has 6 heteroatoms. The Balaban J connectivity index is 2.13. The fourth-order valence-electron chi connectivity index (χ4n) is 2.62. The maximum absolute atomic E-state index is 5.57. The topological polar surface area (TPSA) is 76.3 Å². The second-order valence-electron chi connectivity index (χ2n) is 4.86. The van der Waals surface area contributed by atoms with Gasteiger partial charge in [-0.15, -0.1) is 0 Å². The first kappa shape index (κ1) is 13.1. The fraction of sp³-hybridized carbons (Fsp3) is 0.429. The highest BCUT2D eigenvalue weighted by molar-refractivity contribution is 5.90. The second-order valence-corrected chi connectivity index (χ2v) is 4.86. The normalized spacial score (nSPS) is 19.3. The Labute approximate surface area is 117 Å². The van der Waals surface area contributed by atoms with Crippen LogP contribution in [0.2, 0.25) is 0 Å². The molecule has 20 heavy (non-hydrogen) atoms. The van der Waals surface area contributed by atoms with E-state index in [9.17, 15) is 0 Å². The van der Waals surface area contributed by atoms with E-state index in [4.69, 9.17) is 10.6 Å². The minimum atomic E-state index is 0.340. The lowest BCUT2D eigenvalue weighted by molar-refractivity contribution is 0.0927. The Morgan fingerprint density at radius 3 is 3.05 bits per heavy atom. The van der Waals surface area contributed by atoms with E-state index < -0.39 is 0 Å². The summed E-state index contributed by atoms with van der Waals surface area (Å²) in [6.07, 6.45) is 1.02. The molecule has 0 amide bonds. The number of fused-ring (bicyclic) bond motifs is 1. The number of hydrazine groups is 1. The zero-order valence-corrected chi connectivity index (χ0v) is 11.5. The van der Waals surface area contributed by atoms with Gasteiger partial charge in [0.25, 0.3) is 0 Å². The third kappa shape index (κ3) is 2.28. The van der Waals surface area contributed by atoms with Crippen LogP contribution in [0, 0.1) is 0 Å². The summed E-state index contributed by atoms with van der Waals surface area (Å²) in [5.41, 5.74) is 3.45. The number of hydrogen-bond donors (Lipinski definition) is 2. The number of nitrogens with two attached hydrogens (primary N) is 1. The van der Waals surface area contributed by atoms with Gasteiger partial charge >= 0.3 is 0 Å². The summed E-state index contributed by atoms with van der Waals surface area (Å²) in [5.74, 6) is 6.86. The minimum absolute atomic E-state index is 0.340. The number of nitrogens with zero attached hydrogens (tertiary/aromatic N) is 3. The van der Waals surface area contributed by atoms with Gasteiger partial charge in [0, 0.05) is 11.9 Å². The van der Waals surface area contributed by atoms with Crippen molar-refractivity contribution in [2.24, 2.45) is 5.84 Å². The molecular weight excluding hydrogens is 254 g/mol. The van der Waals surface area contributed by atoms with E-state index >= 15 is 0 Å². The molecule has 1 fully saturated rings. The molecule has 1 aromatic carbocycles. The van der Waals surface area contributed by atoms with Crippen LogP contribution in [-0.2, 0) is 4.74 Å². The van der Waals surface area contributed by atoms with Gasteiger partial charge in [0.2, 0.25) is 5.95 Å². The number of para-hydroxylation sites is 1. The largest absolute Gasteiger partial charge is 0.377 e. The smallest absolute Gasteiger partial charge is 0.239 e. The standard InChI is InChI=1S/C14H19N5O/c1-2-10-9-20-8-7-19(10)13-11-5-3-4-6-12(11)16-14(17-13)18-15/h3-6,10H,2,7-9,15H2,1H3,(H,16,17,18). The van der Waals surface area contributed by atoms with E-state index in [1.54, 1.807) is 0 Å². The molecule has 1 aromatic heterocycles. The van der Waals surface area contributed by atoms with Crippen LogP contribution >= 0.6 is 0 Å². The van der Waals surface area contributed by atoms with Crippen molar-refractivity contribution in [2.45, 2.75) is 19.4 Å². The highest BCUT2D eigenvalue weighted by atomic mass is 16.5. The van der Waals surface area contributed by atoms with Crippen LogP contribution in [0.4, 0.5) is 11.8 Å². The first-order valence-corrected chi connectivity index (χ1v) is 6.91. The molecule has 0 radical (unpaired) electrons. The number of nitrogen functional groups attached to an aromatic ring is 1. The molecule has 2 heterocycles. The van der Waals surface area contributed by atoms with E-state index in [0.29, 0.717) is 12.0 Å². The van der Waals surface area contributed by atoms with Crippen LogP contribution < -0.4 is 16.2 Å². The van der Waals surface area contributed by atoms with Crippen LogP contribution in [0.5, 0.6) is 0 Å². The van der Waals surface area contributed by atoms with Crippen LogP contribution in [0.15, 0.2) is 24.3 Å². The van der Waals surface area contributed by atoms with Gasteiger partial charge in [-0.05, 0) is 18.6 Å². The Bertz CT molecular complexity index is 603. The van der Waals surface area contributed by atoms with Gasteiger partial charge in [-0.2, -0.15) is 4.98 Å². The fourth-order valence-corrected chi connectivity index (χ4v) is 2.62. The zero-order chi connectivity index (χ0) is 13.9. The van der Waals surface area contributed by atoms with Gasteiger partial charge in [-0.25, -0.2) is 10.8 Å². The molecule has 0 aliphatic carbocycles. The third-order valence-corrected chi connectivity index (χ3v) is 3.68. The van der Waals surface area contributed by atoms with Crippen molar-refractivity contribution in [2.75, 3.05) is 30.1 Å². The number of aromatic nitrogens is 2. The molecule has 1 aliphatic heterocycles. The first-order chi connectivity index (χ1) is 9.83. The molecule has 1 aliphatic rings. The monoisotopic (exact) mass is 273 g/mol. The number of rotatable bonds is 3.